The number of likely N-dealkylation sites (tertiary alicyclic amines) is 1. The minimum absolute atomic E-state index is 0.0694. The number of aliphatic hydroxyl groups excluding tert-OH is 1. The van der Waals surface area contributed by atoms with Gasteiger partial charge in [-0.2, -0.15) is 0 Å². The van der Waals surface area contributed by atoms with Gasteiger partial charge in [0.1, 0.15) is 12.2 Å². The van der Waals surface area contributed by atoms with Gasteiger partial charge < -0.3 is 14.6 Å². The first kappa shape index (κ1) is 20.1. The highest BCUT2D eigenvalue weighted by atomic mass is 16.6. The first-order valence-electron chi connectivity index (χ1n) is 9.46. The van der Waals surface area contributed by atoms with Crippen molar-refractivity contribution in [1.82, 2.24) is 4.90 Å². The van der Waals surface area contributed by atoms with Crippen molar-refractivity contribution in [1.29, 1.82) is 0 Å². The number of hydrogen-bond acceptors (Lipinski definition) is 5. The topological polar surface area (TPSA) is 71.4 Å². The third-order valence-electron chi connectivity index (χ3n) is 6.20. The maximum Gasteiger partial charge on any atom is 0.246 e. The summed E-state index contributed by atoms with van der Waals surface area (Å²) in [6.45, 7) is 11.9. The van der Waals surface area contributed by atoms with Gasteiger partial charge in [-0.25, -0.2) is 4.99 Å². The Morgan fingerprint density at radius 2 is 1.67 bits per heavy atom. The van der Waals surface area contributed by atoms with E-state index in [0.29, 0.717) is 6.54 Å². The van der Waals surface area contributed by atoms with E-state index in [1.165, 1.54) is 0 Å². The normalized spacial score (nSPS) is 32.0. The summed E-state index contributed by atoms with van der Waals surface area (Å²) in [5, 5.41) is 10.2. The second-order valence-corrected chi connectivity index (χ2v) is 8.42. The van der Waals surface area contributed by atoms with Crippen LogP contribution in [0.5, 0.6) is 0 Å². The van der Waals surface area contributed by atoms with E-state index < -0.39 is 11.2 Å². The van der Waals surface area contributed by atoms with E-state index in [0.717, 1.165) is 5.56 Å². The summed E-state index contributed by atoms with van der Waals surface area (Å²) >= 11 is 0. The Labute approximate surface area is 161 Å². The lowest BCUT2D eigenvalue weighted by molar-refractivity contribution is -0.290. The van der Waals surface area contributed by atoms with Crippen molar-refractivity contribution in [3.05, 3.63) is 35.9 Å². The zero-order chi connectivity index (χ0) is 19.8. The van der Waals surface area contributed by atoms with Gasteiger partial charge >= 0.3 is 0 Å². The van der Waals surface area contributed by atoms with Crippen molar-refractivity contribution in [2.45, 2.75) is 76.2 Å². The summed E-state index contributed by atoms with van der Waals surface area (Å²) in [6.07, 6.45) is -0.447. The fourth-order valence-electron chi connectivity index (χ4n) is 4.03. The van der Waals surface area contributed by atoms with Gasteiger partial charge in [-0.15, -0.1) is 0 Å². The molecule has 3 rings (SSSR count). The summed E-state index contributed by atoms with van der Waals surface area (Å²) in [5.41, 5.74) is 0.0622. The number of aliphatic imine (C=N–C) groups is 1. The number of hydrogen-bond donors (Lipinski definition) is 1. The Kier molecular flexibility index (Phi) is 5.54. The van der Waals surface area contributed by atoms with Crippen molar-refractivity contribution in [2.24, 2.45) is 4.99 Å². The van der Waals surface area contributed by atoms with Crippen molar-refractivity contribution < 1.29 is 19.4 Å². The maximum absolute atomic E-state index is 12.1. The quantitative estimate of drug-likeness (QED) is 0.800. The van der Waals surface area contributed by atoms with Gasteiger partial charge in [0.05, 0.1) is 23.9 Å². The minimum Gasteiger partial charge on any atom is -0.395 e. The first-order chi connectivity index (χ1) is 12.7. The molecule has 0 aromatic heterocycles. The predicted octanol–water partition coefficient (Wildman–Crippen LogP) is 2.19. The van der Waals surface area contributed by atoms with Gasteiger partial charge in [-0.05, 0) is 40.0 Å². The molecule has 0 radical (unpaired) electrons. The van der Waals surface area contributed by atoms with Crippen LogP contribution in [0.3, 0.4) is 0 Å². The van der Waals surface area contributed by atoms with Crippen LogP contribution in [0.25, 0.3) is 0 Å². The molecular weight excluding hydrogens is 344 g/mol. The number of rotatable bonds is 5. The van der Waals surface area contributed by atoms with Crippen molar-refractivity contribution in [2.75, 3.05) is 6.61 Å². The SMILES string of the molecule is C=NC(=O)CC1C2OC(C)(C)C(C)(C)OC2C(CO)N1Cc1ccccc1. The van der Waals surface area contributed by atoms with Gasteiger partial charge in [0.2, 0.25) is 5.91 Å². The van der Waals surface area contributed by atoms with Crippen LogP contribution in [0, 0.1) is 0 Å². The molecule has 0 saturated carbocycles. The van der Waals surface area contributed by atoms with Gasteiger partial charge in [-0.3, -0.25) is 9.69 Å². The van der Waals surface area contributed by atoms with Crippen LogP contribution in [-0.4, -0.2) is 64.7 Å². The van der Waals surface area contributed by atoms with Crippen LogP contribution >= 0.6 is 0 Å². The highest BCUT2D eigenvalue weighted by molar-refractivity contribution is 5.81. The average molecular weight is 374 g/mol. The van der Waals surface area contributed by atoms with Crippen LogP contribution in [0.4, 0.5) is 0 Å². The molecule has 1 aromatic rings. The second-order valence-electron chi connectivity index (χ2n) is 8.42. The van der Waals surface area contributed by atoms with E-state index in [4.69, 9.17) is 9.47 Å². The van der Waals surface area contributed by atoms with Crippen LogP contribution in [-0.2, 0) is 20.8 Å². The molecule has 6 nitrogen and oxygen atoms in total. The smallest absolute Gasteiger partial charge is 0.246 e. The molecule has 2 fully saturated rings. The molecular formula is C21H30N2O4. The molecule has 2 aliphatic rings. The number of carbonyl (C=O) groups is 1. The number of nitrogens with zero attached hydrogens (tertiary/aromatic N) is 2. The molecule has 27 heavy (non-hydrogen) atoms. The number of fused-ring (bicyclic) bond motifs is 1. The van der Waals surface area contributed by atoms with Crippen LogP contribution in [0.15, 0.2) is 35.3 Å². The molecule has 4 unspecified atom stereocenters. The van der Waals surface area contributed by atoms with Crippen molar-refractivity contribution >= 4 is 12.6 Å². The van der Waals surface area contributed by atoms with Gasteiger partial charge in [0.25, 0.3) is 0 Å². The summed E-state index contributed by atoms with van der Waals surface area (Å²) in [4.78, 5) is 17.8. The summed E-state index contributed by atoms with van der Waals surface area (Å²) in [7, 11) is 0. The molecule has 148 valence electrons. The monoisotopic (exact) mass is 374 g/mol. The van der Waals surface area contributed by atoms with E-state index in [-0.39, 0.29) is 43.2 Å². The molecule has 2 heterocycles. The van der Waals surface area contributed by atoms with Gasteiger partial charge in [-0.1, -0.05) is 30.3 Å². The molecule has 1 amide bonds. The maximum atomic E-state index is 12.1. The Hall–Kier alpha value is -1.60. The third-order valence-corrected chi connectivity index (χ3v) is 6.20. The van der Waals surface area contributed by atoms with Crippen LogP contribution in [0.1, 0.15) is 39.7 Å². The Bertz CT molecular complexity index is 689. The van der Waals surface area contributed by atoms with E-state index in [1.54, 1.807) is 0 Å². The minimum atomic E-state index is -0.528. The summed E-state index contributed by atoms with van der Waals surface area (Å²) in [5.74, 6) is -0.276. The third kappa shape index (κ3) is 3.72. The summed E-state index contributed by atoms with van der Waals surface area (Å²) < 4.78 is 12.9. The zero-order valence-electron chi connectivity index (χ0n) is 16.6. The average Bonchev–Trinajstić information content (AvgIpc) is 2.87. The van der Waals surface area contributed by atoms with Crippen molar-refractivity contribution in [3.63, 3.8) is 0 Å². The van der Waals surface area contributed by atoms with Gasteiger partial charge in [0.15, 0.2) is 0 Å². The molecule has 2 aliphatic heterocycles. The number of carbonyl (C=O) groups excluding carboxylic acids is 1. The first-order valence-corrected chi connectivity index (χ1v) is 9.46. The number of amides is 1. The fourth-order valence-corrected chi connectivity index (χ4v) is 4.03. The molecule has 2 saturated heterocycles. The largest absolute Gasteiger partial charge is 0.395 e. The zero-order valence-corrected chi connectivity index (χ0v) is 16.6. The summed E-state index contributed by atoms with van der Waals surface area (Å²) in [6, 6.07) is 9.52. The van der Waals surface area contributed by atoms with Gasteiger partial charge in [0, 0.05) is 19.0 Å². The molecule has 6 heteroatoms. The van der Waals surface area contributed by atoms with E-state index >= 15 is 0 Å². The van der Waals surface area contributed by atoms with E-state index in [2.05, 4.69) is 16.6 Å². The van der Waals surface area contributed by atoms with E-state index in [9.17, 15) is 9.90 Å². The Morgan fingerprint density at radius 1 is 1.11 bits per heavy atom. The number of aliphatic hydroxyl groups is 1. The standard InChI is InChI=1S/C21H30N2O4/c1-20(2)21(3,4)27-19-16(13-24)23(12-14-9-7-6-8-10-14)15(18(19)26-20)11-17(25)22-5/h6-10,15-16,18-19,24H,5,11-13H2,1-4H3. The lowest BCUT2D eigenvalue weighted by atomic mass is 9.85. The second kappa shape index (κ2) is 7.43. The Balaban J connectivity index is 1.96. The van der Waals surface area contributed by atoms with Crippen LogP contribution < -0.4 is 0 Å². The van der Waals surface area contributed by atoms with Crippen LogP contribution in [0.2, 0.25) is 0 Å². The predicted molar refractivity (Wildman–Crippen MR) is 104 cm³/mol. The fraction of sp³-hybridized carbons (Fsp3) is 0.619. The molecule has 4 atom stereocenters. The molecule has 1 N–H and O–H groups in total. The number of ether oxygens (including phenoxy) is 2. The molecule has 1 aromatic carbocycles. The lowest BCUT2D eigenvalue weighted by Gasteiger charge is -2.51. The molecule has 0 spiro atoms. The molecule has 0 aliphatic carbocycles. The lowest BCUT2D eigenvalue weighted by Crippen LogP contribution is -2.62. The molecule has 0 bridgehead atoms. The Morgan fingerprint density at radius 3 is 2.19 bits per heavy atom. The highest BCUT2D eigenvalue weighted by Gasteiger charge is 2.59. The highest BCUT2D eigenvalue weighted by Crippen LogP contribution is 2.45. The van der Waals surface area contributed by atoms with Crippen molar-refractivity contribution in [3.8, 4) is 0 Å². The van der Waals surface area contributed by atoms with E-state index in [1.807, 2.05) is 58.0 Å². The number of benzene rings is 1.